The first-order chi connectivity index (χ1) is 6.62. The summed E-state index contributed by atoms with van der Waals surface area (Å²) in [4.78, 5) is 0. The fourth-order valence-corrected chi connectivity index (χ4v) is 2.07. The summed E-state index contributed by atoms with van der Waals surface area (Å²) in [6, 6.07) is 5.76. The van der Waals surface area contributed by atoms with Gasteiger partial charge in [0.05, 0.1) is 6.04 Å². The lowest BCUT2D eigenvalue weighted by Gasteiger charge is -2.35. The molecule has 14 heavy (non-hydrogen) atoms. The summed E-state index contributed by atoms with van der Waals surface area (Å²) in [5.74, 6) is -2.78. The summed E-state index contributed by atoms with van der Waals surface area (Å²) in [6.45, 7) is 0.685. The zero-order chi connectivity index (χ0) is 10.2. The molecule has 0 saturated carbocycles. The summed E-state index contributed by atoms with van der Waals surface area (Å²) in [5, 5.41) is 2.74. The predicted molar refractivity (Wildman–Crippen MR) is 54.4 cm³/mol. The van der Waals surface area contributed by atoms with E-state index in [2.05, 4.69) is 21.2 Å². The van der Waals surface area contributed by atoms with E-state index in [1.807, 2.05) is 0 Å². The molecule has 1 aromatic carbocycles. The minimum absolute atomic E-state index is 0.0669. The molecule has 1 aliphatic rings. The molecule has 0 spiro atoms. The molecule has 1 unspecified atom stereocenters. The molecule has 1 atom stereocenters. The van der Waals surface area contributed by atoms with Crippen molar-refractivity contribution in [2.75, 3.05) is 6.54 Å². The Kier molecular flexibility index (Phi) is 2.58. The molecule has 1 N–H and O–H groups in total. The Labute approximate surface area is 89.6 Å². The van der Waals surface area contributed by atoms with E-state index < -0.39 is 12.0 Å². The normalized spacial score (nSPS) is 21.8. The van der Waals surface area contributed by atoms with E-state index in [-0.39, 0.29) is 5.56 Å². The van der Waals surface area contributed by atoms with E-state index >= 15 is 0 Å². The average molecular weight is 262 g/mol. The zero-order valence-electron chi connectivity index (χ0n) is 7.43. The maximum atomic E-state index is 13.8. The van der Waals surface area contributed by atoms with Crippen LogP contribution in [-0.4, -0.2) is 12.6 Å². The zero-order valence-corrected chi connectivity index (χ0v) is 9.02. The summed E-state index contributed by atoms with van der Waals surface area (Å²) in [7, 11) is 0. The average Bonchev–Trinajstić information content (AvgIpc) is 2.00. The standard InChI is InChI=1S/C10H10BrF2N/c11-8-4-2-1-3-7(8)10(12,13)9-5-6-14-9/h1-4,9,14H,5-6H2. The molecule has 1 fully saturated rings. The van der Waals surface area contributed by atoms with Crippen molar-refractivity contribution in [3.8, 4) is 0 Å². The van der Waals surface area contributed by atoms with Gasteiger partial charge in [0.2, 0.25) is 0 Å². The molecule has 0 aliphatic carbocycles. The van der Waals surface area contributed by atoms with Gasteiger partial charge in [-0.05, 0) is 19.0 Å². The lowest BCUT2D eigenvalue weighted by Crippen LogP contribution is -2.53. The van der Waals surface area contributed by atoms with Crippen LogP contribution in [0.15, 0.2) is 28.7 Å². The van der Waals surface area contributed by atoms with Crippen LogP contribution in [0, 0.1) is 0 Å². The van der Waals surface area contributed by atoms with Gasteiger partial charge in [-0.15, -0.1) is 0 Å². The minimum Gasteiger partial charge on any atom is -0.308 e. The topological polar surface area (TPSA) is 12.0 Å². The van der Waals surface area contributed by atoms with Gasteiger partial charge in [0.25, 0.3) is 5.92 Å². The molecule has 0 bridgehead atoms. The molecule has 1 aliphatic heterocycles. The van der Waals surface area contributed by atoms with Gasteiger partial charge in [0, 0.05) is 10.0 Å². The molecule has 1 saturated heterocycles. The van der Waals surface area contributed by atoms with Crippen molar-refractivity contribution in [2.24, 2.45) is 0 Å². The highest BCUT2D eigenvalue weighted by atomic mass is 79.9. The van der Waals surface area contributed by atoms with Crippen molar-refractivity contribution in [2.45, 2.75) is 18.4 Å². The smallest absolute Gasteiger partial charge is 0.289 e. The monoisotopic (exact) mass is 261 g/mol. The first kappa shape index (κ1) is 10.1. The van der Waals surface area contributed by atoms with Gasteiger partial charge < -0.3 is 5.32 Å². The van der Waals surface area contributed by atoms with Gasteiger partial charge in [-0.25, -0.2) is 0 Å². The Bertz CT molecular complexity index is 337. The van der Waals surface area contributed by atoms with E-state index in [9.17, 15) is 8.78 Å². The van der Waals surface area contributed by atoms with Crippen molar-refractivity contribution in [3.05, 3.63) is 34.3 Å². The molecule has 4 heteroatoms. The van der Waals surface area contributed by atoms with Gasteiger partial charge in [-0.1, -0.05) is 34.1 Å². The Hall–Kier alpha value is -0.480. The largest absolute Gasteiger partial charge is 0.308 e. The fourth-order valence-electron chi connectivity index (χ4n) is 1.52. The van der Waals surface area contributed by atoms with Crippen LogP contribution in [0.4, 0.5) is 8.78 Å². The highest BCUT2D eigenvalue weighted by molar-refractivity contribution is 9.10. The molecule has 1 heterocycles. The van der Waals surface area contributed by atoms with Crippen LogP contribution in [0.2, 0.25) is 0 Å². The number of benzene rings is 1. The maximum absolute atomic E-state index is 13.8. The summed E-state index contributed by atoms with van der Waals surface area (Å²) in [5.41, 5.74) is 0.0669. The molecule has 1 aromatic rings. The predicted octanol–water partition coefficient (Wildman–Crippen LogP) is 2.90. The van der Waals surface area contributed by atoms with Crippen molar-refractivity contribution >= 4 is 15.9 Å². The van der Waals surface area contributed by atoms with E-state index in [1.165, 1.54) is 6.07 Å². The number of hydrogen-bond donors (Lipinski definition) is 1. The van der Waals surface area contributed by atoms with Gasteiger partial charge in [0.1, 0.15) is 0 Å². The molecular formula is C10H10BrF2N. The molecule has 2 rings (SSSR count). The first-order valence-electron chi connectivity index (χ1n) is 4.48. The number of rotatable bonds is 2. The van der Waals surface area contributed by atoms with Crippen LogP contribution in [0.5, 0.6) is 0 Å². The van der Waals surface area contributed by atoms with Gasteiger partial charge >= 0.3 is 0 Å². The van der Waals surface area contributed by atoms with Crippen LogP contribution in [0.25, 0.3) is 0 Å². The highest BCUT2D eigenvalue weighted by Gasteiger charge is 2.45. The second-order valence-electron chi connectivity index (χ2n) is 3.40. The van der Waals surface area contributed by atoms with Crippen LogP contribution >= 0.6 is 15.9 Å². The summed E-state index contributed by atoms with van der Waals surface area (Å²) >= 11 is 3.15. The van der Waals surface area contributed by atoms with Crippen molar-refractivity contribution in [1.29, 1.82) is 0 Å². The molecule has 0 aromatic heterocycles. The van der Waals surface area contributed by atoms with Gasteiger partial charge in [0.15, 0.2) is 0 Å². The molecule has 76 valence electrons. The number of nitrogens with one attached hydrogen (secondary N) is 1. The maximum Gasteiger partial charge on any atom is 0.289 e. The lowest BCUT2D eigenvalue weighted by atomic mass is 9.94. The quantitative estimate of drug-likeness (QED) is 0.864. The summed E-state index contributed by atoms with van der Waals surface area (Å²) in [6.07, 6.45) is 0.536. The highest BCUT2D eigenvalue weighted by Crippen LogP contribution is 2.39. The van der Waals surface area contributed by atoms with E-state index in [4.69, 9.17) is 0 Å². The fraction of sp³-hybridized carbons (Fsp3) is 0.400. The van der Waals surface area contributed by atoms with Crippen LogP contribution in [0.1, 0.15) is 12.0 Å². The second-order valence-corrected chi connectivity index (χ2v) is 4.25. The van der Waals surface area contributed by atoms with Crippen LogP contribution < -0.4 is 5.32 Å². The second kappa shape index (κ2) is 3.59. The van der Waals surface area contributed by atoms with Gasteiger partial charge in [-0.2, -0.15) is 8.78 Å². The number of hydrogen-bond acceptors (Lipinski definition) is 1. The van der Waals surface area contributed by atoms with Gasteiger partial charge in [-0.3, -0.25) is 0 Å². The van der Waals surface area contributed by atoms with E-state index in [0.29, 0.717) is 17.4 Å². The van der Waals surface area contributed by atoms with Crippen molar-refractivity contribution < 1.29 is 8.78 Å². The summed E-state index contributed by atoms with van der Waals surface area (Å²) < 4.78 is 28.0. The minimum atomic E-state index is -2.78. The Morgan fingerprint density at radius 2 is 2.00 bits per heavy atom. The third kappa shape index (κ3) is 1.57. The third-order valence-electron chi connectivity index (χ3n) is 2.49. The van der Waals surface area contributed by atoms with Crippen molar-refractivity contribution in [1.82, 2.24) is 5.32 Å². The van der Waals surface area contributed by atoms with E-state index in [0.717, 1.165) is 0 Å². The Balaban J connectivity index is 2.32. The molecule has 0 radical (unpaired) electrons. The third-order valence-corrected chi connectivity index (χ3v) is 3.19. The first-order valence-corrected chi connectivity index (χ1v) is 5.28. The molecular weight excluding hydrogens is 252 g/mol. The molecule has 0 amide bonds. The number of halogens is 3. The van der Waals surface area contributed by atoms with Crippen LogP contribution in [-0.2, 0) is 5.92 Å². The van der Waals surface area contributed by atoms with Crippen molar-refractivity contribution in [3.63, 3.8) is 0 Å². The Morgan fingerprint density at radius 1 is 1.36 bits per heavy atom. The SMILES string of the molecule is FC(F)(c1ccccc1Br)C1CCN1. The molecule has 1 nitrogen and oxygen atoms in total. The Morgan fingerprint density at radius 3 is 2.50 bits per heavy atom. The van der Waals surface area contributed by atoms with Crippen LogP contribution in [0.3, 0.4) is 0 Å². The van der Waals surface area contributed by atoms with E-state index in [1.54, 1.807) is 18.2 Å². The lowest BCUT2D eigenvalue weighted by molar-refractivity contribution is -0.0652. The number of alkyl halides is 2.